The second-order valence-corrected chi connectivity index (χ2v) is 9.38. The molecule has 0 spiro atoms. The monoisotopic (exact) mass is 503 g/mol. The van der Waals surface area contributed by atoms with Crippen molar-refractivity contribution in [2.75, 3.05) is 30.3 Å². The van der Waals surface area contributed by atoms with Gasteiger partial charge < -0.3 is 15.5 Å². The number of rotatable bonds is 9. The van der Waals surface area contributed by atoms with Crippen LogP contribution in [0.3, 0.4) is 0 Å². The van der Waals surface area contributed by atoms with Gasteiger partial charge in [-0.15, -0.1) is 0 Å². The number of nitrogens with one attached hydrogen (secondary N) is 1. The first kappa shape index (κ1) is 26.5. The van der Waals surface area contributed by atoms with E-state index in [1.54, 1.807) is 29.2 Å². The number of aromatic amines is 1. The predicted molar refractivity (Wildman–Crippen MR) is 138 cm³/mol. The molecule has 0 bridgehead atoms. The Morgan fingerprint density at radius 1 is 1.14 bits per heavy atom. The number of carbonyl (C=O) groups is 2. The highest BCUT2D eigenvalue weighted by Crippen LogP contribution is 2.26. The summed E-state index contributed by atoms with van der Waals surface area (Å²) in [6, 6.07) is 6.67. The number of nitrogens with two attached hydrogens (primary N) is 1. The minimum atomic E-state index is -0.672. The number of likely N-dealkylation sites (tertiary alicyclic amines) is 1. The number of unbranched alkanes of at least 4 members (excludes halogenated alkanes) is 2. The van der Waals surface area contributed by atoms with Crippen molar-refractivity contribution in [2.24, 2.45) is 5.92 Å². The number of aromatic nitrogens is 2. The Hall–Kier alpha value is -3.07. The van der Waals surface area contributed by atoms with Crippen LogP contribution in [0.15, 0.2) is 33.9 Å². The van der Waals surface area contributed by atoms with E-state index in [0.29, 0.717) is 55.9 Å². The van der Waals surface area contributed by atoms with Gasteiger partial charge in [-0.25, -0.2) is 4.79 Å². The first-order valence-corrected chi connectivity index (χ1v) is 12.6. The van der Waals surface area contributed by atoms with Gasteiger partial charge in [0.1, 0.15) is 5.82 Å². The van der Waals surface area contributed by atoms with E-state index in [1.807, 2.05) is 13.8 Å². The van der Waals surface area contributed by atoms with Gasteiger partial charge in [0.05, 0.1) is 5.92 Å². The highest BCUT2D eigenvalue weighted by Gasteiger charge is 2.34. The number of carbonyl (C=O) groups excluding carboxylic acids is 2. The molecule has 0 aliphatic carbocycles. The number of piperidine rings is 1. The number of amides is 2. The number of nitrogens with zero attached hydrogens (tertiary/aromatic N) is 3. The van der Waals surface area contributed by atoms with Crippen molar-refractivity contribution in [2.45, 2.75) is 58.9 Å². The molecule has 1 aromatic carbocycles. The topological polar surface area (TPSA) is 121 Å². The molecule has 1 fully saturated rings. The van der Waals surface area contributed by atoms with Gasteiger partial charge in [-0.2, -0.15) is 0 Å². The molecule has 10 heteroatoms. The Labute approximate surface area is 209 Å². The third kappa shape index (κ3) is 6.14. The summed E-state index contributed by atoms with van der Waals surface area (Å²) in [6.45, 7) is 5.43. The van der Waals surface area contributed by atoms with E-state index < -0.39 is 17.2 Å². The third-order valence-electron chi connectivity index (χ3n) is 6.37. The summed E-state index contributed by atoms with van der Waals surface area (Å²) in [7, 11) is 0. The molecule has 2 heterocycles. The molecule has 2 aromatic rings. The number of nitrogen functional groups attached to an aromatic ring is 1. The number of hydrogen-bond acceptors (Lipinski definition) is 5. The maximum absolute atomic E-state index is 13.7. The lowest BCUT2D eigenvalue weighted by atomic mass is 9.95. The molecule has 1 aromatic heterocycles. The maximum Gasteiger partial charge on any atom is 0.330 e. The van der Waals surface area contributed by atoms with Crippen molar-refractivity contribution in [3.8, 4) is 0 Å². The molecule has 190 valence electrons. The van der Waals surface area contributed by atoms with Crippen LogP contribution in [0.1, 0.15) is 62.7 Å². The van der Waals surface area contributed by atoms with Crippen molar-refractivity contribution in [3.05, 3.63) is 55.7 Å². The van der Waals surface area contributed by atoms with Gasteiger partial charge in [0, 0.05) is 36.8 Å². The van der Waals surface area contributed by atoms with E-state index in [-0.39, 0.29) is 29.9 Å². The molecular weight excluding hydrogens is 470 g/mol. The van der Waals surface area contributed by atoms with Crippen LogP contribution in [0, 0.1) is 5.92 Å². The first-order valence-electron chi connectivity index (χ1n) is 12.3. The highest BCUT2D eigenvalue weighted by molar-refractivity contribution is 6.30. The molecule has 2 amide bonds. The van der Waals surface area contributed by atoms with Gasteiger partial charge in [-0.05, 0) is 49.9 Å². The summed E-state index contributed by atoms with van der Waals surface area (Å²) in [4.78, 5) is 57.4. The van der Waals surface area contributed by atoms with Crippen molar-refractivity contribution in [1.82, 2.24) is 14.5 Å². The van der Waals surface area contributed by atoms with E-state index in [9.17, 15) is 19.2 Å². The minimum Gasteiger partial charge on any atom is -0.383 e. The number of halogens is 1. The van der Waals surface area contributed by atoms with E-state index in [1.165, 1.54) is 9.47 Å². The van der Waals surface area contributed by atoms with Crippen LogP contribution < -0.4 is 21.9 Å². The zero-order chi connectivity index (χ0) is 25.5. The molecule has 35 heavy (non-hydrogen) atoms. The van der Waals surface area contributed by atoms with Crippen LogP contribution >= 0.6 is 11.6 Å². The second-order valence-electron chi connectivity index (χ2n) is 8.94. The number of anilines is 2. The lowest BCUT2D eigenvalue weighted by Crippen LogP contribution is -2.49. The Balaban J connectivity index is 1.90. The van der Waals surface area contributed by atoms with Crippen molar-refractivity contribution < 1.29 is 9.59 Å². The number of benzene rings is 1. The maximum atomic E-state index is 13.7. The Bertz CT molecular complexity index is 1160. The lowest BCUT2D eigenvalue weighted by molar-refractivity contribution is -0.123. The predicted octanol–water partition coefficient (Wildman–Crippen LogP) is 3.26. The summed E-state index contributed by atoms with van der Waals surface area (Å²) in [6.07, 6.45) is 4.29. The Morgan fingerprint density at radius 3 is 2.49 bits per heavy atom. The number of hydrogen-bond donors (Lipinski definition) is 2. The van der Waals surface area contributed by atoms with E-state index in [0.717, 1.165) is 12.8 Å². The molecular formula is C25H34ClN5O4. The fourth-order valence-electron chi connectivity index (χ4n) is 4.38. The minimum absolute atomic E-state index is 0.00144. The summed E-state index contributed by atoms with van der Waals surface area (Å²) in [5.41, 5.74) is 5.58. The molecule has 1 aliphatic rings. The number of H-pyrrole nitrogens is 1. The molecule has 3 N–H and O–H groups in total. The fraction of sp³-hybridized carbons (Fsp3) is 0.520. The van der Waals surface area contributed by atoms with Crippen LogP contribution in [0.25, 0.3) is 0 Å². The second kappa shape index (κ2) is 12.1. The van der Waals surface area contributed by atoms with Gasteiger partial charge in [0.25, 0.3) is 11.5 Å². The van der Waals surface area contributed by atoms with Crippen LogP contribution in [-0.2, 0) is 11.3 Å². The van der Waals surface area contributed by atoms with Gasteiger partial charge in [0.15, 0.2) is 5.69 Å². The molecule has 1 aliphatic heterocycles. The third-order valence-corrected chi connectivity index (χ3v) is 6.62. The summed E-state index contributed by atoms with van der Waals surface area (Å²) in [5, 5.41) is 0.544. The lowest BCUT2D eigenvalue weighted by Gasteiger charge is -2.35. The van der Waals surface area contributed by atoms with Gasteiger partial charge in [-0.1, -0.05) is 38.3 Å². The van der Waals surface area contributed by atoms with Crippen molar-refractivity contribution >= 4 is 34.9 Å². The van der Waals surface area contributed by atoms with E-state index in [4.69, 9.17) is 17.3 Å². The molecule has 0 radical (unpaired) electrons. The van der Waals surface area contributed by atoms with Crippen LogP contribution in [-0.4, -0.2) is 45.9 Å². The van der Waals surface area contributed by atoms with E-state index in [2.05, 4.69) is 4.98 Å². The zero-order valence-electron chi connectivity index (χ0n) is 20.4. The Morgan fingerprint density at radius 2 is 1.83 bits per heavy atom. The van der Waals surface area contributed by atoms with Crippen molar-refractivity contribution in [3.63, 3.8) is 0 Å². The first-order chi connectivity index (χ1) is 16.8. The smallest absolute Gasteiger partial charge is 0.330 e. The van der Waals surface area contributed by atoms with Crippen LogP contribution in [0.5, 0.6) is 0 Å². The highest BCUT2D eigenvalue weighted by atomic mass is 35.5. The molecule has 9 nitrogen and oxygen atoms in total. The van der Waals surface area contributed by atoms with Crippen LogP contribution in [0.2, 0.25) is 5.02 Å². The standard InChI is InChI=1S/C25H34ClN5O4/c1-3-5-14-30(20-21(27)31(15-6-4-2)25(35)28-22(20)32)24(34)18-8-7-13-29(16-18)23(33)17-9-11-19(26)12-10-17/h9-12,18H,3-8,13-16,27H2,1-2H3,(H,28,32,35)/t18-/m0/s1. The molecule has 0 saturated carbocycles. The SMILES string of the molecule is CCCCN(C(=O)[C@H]1CCCN(C(=O)c2ccc(Cl)cc2)C1)c1c(N)n(CCCC)c(=O)[nH]c1=O. The zero-order valence-corrected chi connectivity index (χ0v) is 21.1. The summed E-state index contributed by atoms with van der Waals surface area (Å²) < 4.78 is 1.32. The normalized spacial score (nSPS) is 15.7. The van der Waals surface area contributed by atoms with Crippen LogP contribution in [0.4, 0.5) is 11.5 Å². The van der Waals surface area contributed by atoms with Gasteiger partial charge in [-0.3, -0.25) is 23.9 Å². The van der Waals surface area contributed by atoms with Gasteiger partial charge >= 0.3 is 5.69 Å². The van der Waals surface area contributed by atoms with Gasteiger partial charge in [0.2, 0.25) is 5.91 Å². The largest absolute Gasteiger partial charge is 0.383 e. The van der Waals surface area contributed by atoms with E-state index >= 15 is 0 Å². The average molecular weight is 504 g/mol. The quantitative estimate of drug-likeness (QED) is 0.544. The average Bonchev–Trinajstić information content (AvgIpc) is 2.85. The molecule has 1 saturated heterocycles. The Kier molecular flexibility index (Phi) is 9.14. The molecule has 1 atom stereocenters. The molecule has 3 rings (SSSR count). The molecule has 0 unspecified atom stereocenters. The summed E-state index contributed by atoms with van der Waals surface area (Å²) in [5.74, 6) is -0.900. The fourth-order valence-corrected chi connectivity index (χ4v) is 4.51. The van der Waals surface area contributed by atoms with Crippen molar-refractivity contribution in [1.29, 1.82) is 0 Å². The summed E-state index contributed by atoms with van der Waals surface area (Å²) >= 11 is 5.94.